The van der Waals surface area contributed by atoms with Gasteiger partial charge in [0.25, 0.3) is 11.5 Å². The Hall–Kier alpha value is -4.25. The minimum atomic E-state index is -0.226. The molecule has 0 bridgehead atoms. The molecule has 0 saturated carbocycles. The van der Waals surface area contributed by atoms with E-state index in [2.05, 4.69) is 26.5 Å². The number of hydrogen-bond acceptors (Lipinski definition) is 7. The molecule has 3 aliphatic heterocycles. The summed E-state index contributed by atoms with van der Waals surface area (Å²) in [6, 6.07) is 14.5. The first kappa shape index (κ1) is 30.1. The summed E-state index contributed by atoms with van der Waals surface area (Å²) < 4.78 is 9.17. The van der Waals surface area contributed by atoms with Crippen LogP contribution in [0, 0.1) is 0 Å². The second-order valence-electron chi connectivity index (χ2n) is 13.3. The number of benzene rings is 1. The van der Waals surface area contributed by atoms with E-state index in [9.17, 15) is 14.7 Å². The summed E-state index contributed by atoms with van der Waals surface area (Å²) in [7, 11) is 1.76. The molecule has 6 heterocycles. The van der Waals surface area contributed by atoms with E-state index >= 15 is 0 Å². The number of hydrogen-bond donors (Lipinski definition) is 1. The molecule has 10 nitrogen and oxygen atoms in total. The molecule has 2 fully saturated rings. The molecular formula is C37H42N6O4. The van der Waals surface area contributed by atoms with Crippen molar-refractivity contribution in [3.05, 3.63) is 99.0 Å². The molecule has 0 radical (unpaired) electrons. The first-order chi connectivity index (χ1) is 23.0. The predicted octanol–water partition coefficient (Wildman–Crippen LogP) is 3.39. The molecule has 8 rings (SSSR count). The lowest BCUT2D eigenvalue weighted by Gasteiger charge is -2.43. The fourth-order valence-corrected chi connectivity index (χ4v) is 7.87. The summed E-state index contributed by atoms with van der Waals surface area (Å²) in [5.41, 5.74) is 8.88. The monoisotopic (exact) mass is 634 g/mol. The maximum atomic E-state index is 13.8. The Morgan fingerprint density at radius 3 is 2.53 bits per heavy atom. The van der Waals surface area contributed by atoms with Crippen molar-refractivity contribution in [2.24, 2.45) is 7.05 Å². The molecule has 2 saturated heterocycles. The largest absolute Gasteiger partial charge is 0.392 e. The van der Waals surface area contributed by atoms with E-state index in [-0.39, 0.29) is 18.1 Å². The van der Waals surface area contributed by atoms with Gasteiger partial charge in [-0.1, -0.05) is 12.1 Å². The smallest absolute Gasteiger partial charge is 0.274 e. The van der Waals surface area contributed by atoms with Gasteiger partial charge >= 0.3 is 0 Å². The van der Waals surface area contributed by atoms with Gasteiger partial charge in [-0.05, 0) is 72.7 Å². The average Bonchev–Trinajstić information content (AvgIpc) is 3.46. The molecular weight excluding hydrogens is 592 g/mol. The Balaban J connectivity index is 1.04. The van der Waals surface area contributed by atoms with Crippen LogP contribution in [0.15, 0.2) is 59.7 Å². The Bertz CT molecular complexity index is 1870. The van der Waals surface area contributed by atoms with Gasteiger partial charge in [-0.15, -0.1) is 0 Å². The van der Waals surface area contributed by atoms with Gasteiger partial charge in [-0.25, -0.2) is 0 Å². The summed E-state index contributed by atoms with van der Waals surface area (Å²) in [5.74, 6) is -0.0250. The standard InChI is InChI=1S/C37H42N6O4/c1-39-21-27(17-26(36(39)45)18-28-9-10-29(20-38-28)40-11-13-41(14-12-40)30-23-47-24-30)31-6-4-8-34(32(31)22-44)43-16-15-42-33-7-3-2-5-25(33)19-35(42)37(43)46/h4,6,8-10,17,19-21,30,44H,2-3,5,7,11-16,18,22-24H2,1H3. The normalized spacial score (nSPS) is 18.6. The lowest BCUT2D eigenvalue weighted by molar-refractivity contribution is -0.0660. The minimum Gasteiger partial charge on any atom is -0.392 e. The summed E-state index contributed by atoms with van der Waals surface area (Å²) in [4.78, 5) is 38.6. The molecule has 0 atom stereocenters. The molecule has 0 spiro atoms. The zero-order chi connectivity index (χ0) is 32.1. The highest BCUT2D eigenvalue weighted by Crippen LogP contribution is 2.35. The molecule has 3 aromatic heterocycles. The van der Waals surface area contributed by atoms with Crippen molar-refractivity contribution < 1.29 is 14.6 Å². The third kappa shape index (κ3) is 5.48. The highest BCUT2D eigenvalue weighted by molar-refractivity contribution is 6.07. The van der Waals surface area contributed by atoms with Crippen molar-refractivity contribution in [2.45, 2.75) is 51.3 Å². The van der Waals surface area contributed by atoms with Gasteiger partial charge in [0.15, 0.2) is 0 Å². The number of aliphatic hydroxyl groups is 1. The number of aliphatic hydroxyl groups excluding tert-OH is 1. The number of pyridine rings is 2. The van der Waals surface area contributed by atoms with Gasteiger partial charge in [-0.2, -0.15) is 0 Å². The van der Waals surface area contributed by atoms with Crippen molar-refractivity contribution >= 4 is 17.3 Å². The molecule has 4 aromatic rings. The van der Waals surface area contributed by atoms with Crippen LogP contribution in [0.4, 0.5) is 11.4 Å². The maximum absolute atomic E-state index is 13.8. The third-order valence-electron chi connectivity index (χ3n) is 10.6. The van der Waals surface area contributed by atoms with Gasteiger partial charge < -0.3 is 28.8 Å². The van der Waals surface area contributed by atoms with Crippen LogP contribution < -0.4 is 15.4 Å². The fourth-order valence-electron chi connectivity index (χ4n) is 7.87. The summed E-state index contributed by atoms with van der Waals surface area (Å²) in [6.07, 6.45) is 8.53. The van der Waals surface area contributed by atoms with E-state index in [1.165, 1.54) is 24.1 Å². The molecule has 10 heteroatoms. The highest BCUT2D eigenvalue weighted by atomic mass is 16.5. The van der Waals surface area contributed by atoms with E-state index in [1.807, 2.05) is 47.6 Å². The van der Waals surface area contributed by atoms with Gasteiger partial charge in [-0.3, -0.25) is 19.5 Å². The number of piperazine rings is 1. The lowest BCUT2D eigenvalue weighted by Crippen LogP contribution is -2.56. The lowest BCUT2D eigenvalue weighted by atomic mass is 9.96. The molecule has 47 heavy (non-hydrogen) atoms. The van der Waals surface area contributed by atoms with Gasteiger partial charge in [0.2, 0.25) is 0 Å². The summed E-state index contributed by atoms with van der Waals surface area (Å²) in [5, 5.41) is 10.7. The number of nitrogens with zero attached hydrogens (tertiary/aromatic N) is 6. The second kappa shape index (κ2) is 12.4. The molecule has 1 aliphatic carbocycles. The highest BCUT2D eigenvalue weighted by Gasteiger charge is 2.32. The van der Waals surface area contributed by atoms with Crippen LogP contribution in [-0.4, -0.2) is 82.0 Å². The van der Waals surface area contributed by atoms with E-state index in [0.717, 1.165) is 92.7 Å². The third-order valence-corrected chi connectivity index (χ3v) is 10.6. The fraction of sp³-hybridized carbons (Fsp3) is 0.432. The van der Waals surface area contributed by atoms with E-state index in [4.69, 9.17) is 9.72 Å². The molecule has 244 valence electrons. The van der Waals surface area contributed by atoms with Gasteiger partial charge in [0, 0.05) is 81.4 Å². The zero-order valence-electron chi connectivity index (χ0n) is 27.0. The van der Waals surface area contributed by atoms with Crippen LogP contribution in [0.5, 0.6) is 0 Å². The van der Waals surface area contributed by atoms with Crippen LogP contribution in [0.3, 0.4) is 0 Å². The summed E-state index contributed by atoms with van der Waals surface area (Å²) in [6.45, 7) is 6.73. The van der Waals surface area contributed by atoms with Gasteiger partial charge in [0.05, 0.1) is 43.4 Å². The van der Waals surface area contributed by atoms with Crippen LogP contribution in [-0.2, 0) is 44.2 Å². The quantitative estimate of drug-likeness (QED) is 0.333. The van der Waals surface area contributed by atoms with Crippen molar-refractivity contribution in [3.63, 3.8) is 0 Å². The molecule has 1 aromatic carbocycles. The Labute approximate surface area is 274 Å². The van der Waals surface area contributed by atoms with Crippen LogP contribution in [0.25, 0.3) is 11.1 Å². The number of aryl methyl sites for hydroxylation is 2. The molecule has 1 N–H and O–H groups in total. The number of rotatable bonds is 7. The number of fused-ring (bicyclic) bond motifs is 3. The first-order valence-corrected chi connectivity index (χ1v) is 17.0. The van der Waals surface area contributed by atoms with Crippen molar-refractivity contribution in [2.75, 3.05) is 55.7 Å². The van der Waals surface area contributed by atoms with Crippen molar-refractivity contribution in [3.8, 4) is 11.1 Å². The number of carbonyl (C=O) groups excluding carboxylic acids is 1. The Morgan fingerprint density at radius 2 is 1.79 bits per heavy atom. The Kier molecular flexibility index (Phi) is 7.95. The topological polar surface area (TPSA) is 96.1 Å². The van der Waals surface area contributed by atoms with Crippen molar-refractivity contribution in [1.29, 1.82) is 0 Å². The number of carbonyl (C=O) groups is 1. The molecule has 0 unspecified atom stereocenters. The van der Waals surface area contributed by atoms with Crippen LogP contribution in [0.1, 0.15) is 51.4 Å². The summed E-state index contributed by atoms with van der Waals surface area (Å²) >= 11 is 0. The van der Waals surface area contributed by atoms with Crippen molar-refractivity contribution in [1.82, 2.24) is 19.0 Å². The Morgan fingerprint density at radius 1 is 0.957 bits per heavy atom. The van der Waals surface area contributed by atoms with E-state index < -0.39 is 0 Å². The number of aromatic nitrogens is 3. The second-order valence-corrected chi connectivity index (χ2v) is 13.3. The first-order valence-electron chi connectivity index (χ1n) is 17.0. The van der Waals surface area contributed by atoms with Crippen LogP contribution in [0.2, 0.25) is 0 Å². The van der Waals surface area contributed by atoms with E-state index in [1.54, 1.807) is 11.6 Å². The average molecular weight is 635 g/mol. The van der Waals surface area contributed by atoms with Gasteiger partial charge in [0.1, 0.15) is 5.69 Å². The zero-order valence-corrected chi connectivity index (χ0v) is 27.0. The SMILES string of the molecule is Cn1cc(-c2cccc(N3CCn4c(cc5c4CCCC5)C3=O)c2CO)cc(Cc2ccc(N3CCN(C4COC4)CC3)cn2)c1=O. The number of amides is 1. The van der Waals surface area contributed by atoms with Crippen LogP contribution >= 0.6 is 0 Å². The van der Waals surface area contributed by atoms with E-state index in [0.29, 0.717) is 30.1 Å². The molecule has 4 aliphatic rings. The maximum Gasteiger partial charge on any atom is 0.274 e. The predicted molar refractivity (Wildman–Crippen MR) is 181 cm³/mol. The number of ether oxygens (including phenoxy) is 1. The molecule has 1 amide bonds. The minimum absolute atomic E-state index is 0.0250. The number of anilines is 2.